The first-order chi connectivity index (χ1) is 18.2. The van der Waals surface area contributed by atoms with Crippen LogP contribution in [0.15, 0.2) is 34.9 Å². The number of carbonyl (C=O) groups excluding carboxylic acids is 2. The van der Waals surface area contributed by atoms with Gasteiger partial charge in [0.15, 0.2) is 0 Å². The highest BCUT2D eigenvalue weighted by atomic mass is 32.2. The van der Waals surface area contributed by atoms with E-state index in [2.05, 4.69) is 17.3 Å². The Hall–Kier alpha value is -2.47. The maximum Gasteiger partial charge on any atom is 0.356 e. The molecule has 10 nitrogen and oxygen atoms in total. The summed E-state index contributed by atoms with van der Waals surface area (Å²) in [7, 11) is 2.17. The molecule has 0 aromatic heterocycles. The third kappa shape index (κ3) is 5.09. The van der Waals surface area contributed by atoms with Crippen LogP contribution in [0.3, 0.4) is 0 Å². The molecule has 0 spiro atoms. The third-order valence-electron chi connectivity index (χ3n) is 8.57. The van der Waals surface area contributed by atoms with Crippen LogP contribution in [0.1, 0.15) is 38.7 Å². The zero-order valence-corrected chi connectivity index (χ0v) is 22.9. The molecule has 3 saturated heterocycles. The number of ether oxygens (including phenoxy) is 1. The number of fused-ring (bicyclic) bond motifs is 1. The summed E-state index contributed by atoms with van der Waals surface area (Å²) in [5.74, 6) is -0.784. The number of likely N-dealkylation sites (tertiary alicyclic amines) is 1. The SMILES string of the molecule is C[C@@H](O)[C@H]1C(=O)N2C(C(=O)OCc3ccc([N+](=O)[O-])cc3)=C(S[C@@H]3CN[C@H](C4CCN(C)CC4)C3)[C@H](C)[C@H]12. The van der Waals surface area contributed by atoms with E-state index in [0.29, 0.717) is 23.2 Å². The van der Waals surface area contributed by atoms with Gasteiger partial charge in [-0.2, -0.15) is 0 Å². The van der Waals surface area contributed by atoms with Gasteiger partial charge in [-0.3, -0.25) is 14.9 Å². The number of amides is 1. The standard InChI is InChI=1S/C27H36N4O6S/c1-15-23-22(16(2)32)26(33)30(23)24(27(34)37-14-17-4-6-19(7-5-17)31(35)36)25(15)38-20-12-21(28-13-20)18-8-10-29(3)11-9-18/h4-7,15-16,18,20-23,28,32H,8-14H2,1-3H3/t15-,16-,20+,21+,22-,23-/m1/s1. The van der Waals surface area contributed by atoms with Gasteiger partial charge in [0, 0.05) is 40.8 Å². The van der Waals surface area contributed by atoms with Crippen LogP contribution in [-0.4, -0.2) is 81.8 Å². The number of rotatable bonds is 8. The van der Waals surface area contributed by atoms with E-state index in [1.807, 2.05) is 6.92 Å². The number of nitrogens with one attached hydrogen (secondary N) is 1. The molecule has 4 aliphatic rings. The molecule has 0 radical (unpaired) electrons. The minimum Gasteiger partial charge on any atom is -0.456 e. The van der Waals surface area contributed by atoms with Gasteiger partial charge in [0.2, 0.25) is 5.91 Å². The van der Waals surface area contributed by atoms with E-state index >= 15 is 0 Å². The number of hydrogen-bond donors (Lipinski definition) is 2. The van der Waals surface area contributed by atoms with Crippen molar-refractivity contribution in [2.24, 2.45) is 17.8 Å². The summed E-state index contributed by atoms with van der Waals surface area (Å²) in [6.07, 6.45) is 2.59. The molecule has 6 atom stereocenters. The highest BCUT2D eigenvalue weighted by molar-refractivity contribution is 8.03. The molecule has 2 N–H and O–H groups in total. The average Bonchev–Trinajstić information content (AvgIpc) is 3.44. The number of aliphatic hydroxyl groups excluding tert-OH is 1. The smallest absolute Gasteiger partial charge is 0.356 e. The number of nitrogens with zero attached hydrogens (tertiary/aromatic N) is 3. The molecular formula is C27H36N4O6S. The van der Waals surface area contributed by atoms with Gasteiger partial charge in [0.1, 0.15) is 12.3 Å². The molecular weight excluding hydrogens is 508 g/mol. The number of esters is 1. The van der Waals surface area contributed by atoms with E-state index in [4.69, 9.17) is 4.74 Å². The Morgan fingerprint density at radius 3 is 2.61 bits per heavy atom. The number of carbonyl (C=O) groups is 2. The summed E-state index contributed by atoms with van der Waals surface area (Å²) in [6.45, 7) is 6.68. The van der Waals surface area contributed by atoms with Crippen molar-refractivity contribution >= 4 is 29.3 Å². The van der Waals surface area contributed by atoms with Crippen LogP contribution in [0.2, 0.25) is 0 Å². The molecule has 0 bridgehead atoms. The summed E-state index contributed by atoms with van der Waals surface area (Å²) < 4.78 is 5.62. The van der Waals surface area contributed by atoms with Crippen molar-refractivity contribution in [3.05, 3.63) is 50.5 Å². The van der Waals surface area contributed by atoms with Gasteiger partial charge in [-0.1, -0.05) is 6.92 Å². The quantitative estimate of drug-likeness (QED) is 0.220. The summed E-state index contributed by atoms with van der Waals surface area (Å²) in [4.78, 5) is 41.6. The molecule has 11 heteroatoms. The second-order valence-electron chi connectivity index (χ2n) is 11.1. The Balaban J connectivity index is 1.31. The van der Waals surface area contributed by atoms with E-state index < -0.39 is 22.9 Å². The molecule has 3 fully saturated rings. The van der Waals surface area contributed by atoms with Crippen LogP contribution in [0.4, 0.5) is 5.69 Å². The Labute approximate surface area is 226 Å². The number of nitro benzene ring substituents is 1. The number of thioether (sulfide) groups is 1. The van der Waals surface area contributed by atoms with Gasteiger partial charge in [0.25, 0.3) is 5.69 Å². The van der Waals surface area contributed by atoms with Crippen molar-refractivity contribution in [3.63, 3.8) is 0 Å². The zero-order valence-electron chi connectivity index (χ0n) is 22.0. The summed E-state index contributed by atoms with van der Waals surface area (Å²) in [6, 6.07) is 6.06. The number of piperidine rings is 1. The van der Waals surface area contributed by atoms with Gasteiger partial charge in [-0.05, 0) is 69.9 Å². The first-order valence-electron chi connectivity index (χ1n) is 13.4. The summed E-state index contributed by atoms with van der Waals surface area (Å²) in [5.41, 5.74) is 0.881. The van der Waals surface area contributed by atoms with Crippen molar-refractivity contribution in [1.82, 2.24) is 15.1 Å². The van der Waals surface area contributed by atoms with E-state index in [-0.39, 0.29) is 35.4 Å². The molecule has 4 aliphatic heterocycles. The minimum atomic E-state index is -0.796. The lowest BCUT2D eigenvalue weighted by Gasteiger charge is -2.46. The highest BCUT2D eigenvalue weighted by Gasteiger charge is 2.60. The fourth-order valence-electron chi connectivity index (χ4n) is 6.39. The number of β-lactam (4-membered cyclic amide) rings is 1. The average molecular weight is 545 g/mol. The molecule has 1 aromatic carbocycles. The maximum absolute atomic E-state index is 13.4. The fraction of sp³-hybridized carbons (Fsp3) is 0.630. The number of non-ortho nitro benzene ring substituents is 1. The van der Waals surface area contributed by atoms with Crippen LogP contribution in [0.25, 0.3) is 0 Å². The van der Waals surface area contributed by atoms with Gasteiger partial charge >= 0.3 is 5.97 Å². The lowest BCUT2D eigenvalue weighted by Crippen LogP contribution is -2.63. The Morgan fingerprint density at radius 2 is 1.97 bits per heavy atom. The van der Waals surface area contributed by atoms with E-state index in [1.165, 1.54) is 29.9 Å². The molecule has 206 valence electrons. The second-order valence-corrected chi connectivity index (χ2v) is 12.4. The van der Waals surface area contributed by atoms with E-state index in [9.17, 15) is 24.8 Å². The van der Waals surface area contributed by atoms with Crippen molar-refractivity contribution in [1.29, 1.82) is 0 Å². The van der Waals surface area contributed by atoms with Crippen LogP contribution in [0.5, 0.6) is 0 Å². The first kappa shape index (κ1) is 27.1. The van der Waals surface area contributed by atoms with Crippen molar-refractivity contribution in [3.8, 4) is 0 Å². The monoisotopic (exact) mass is 544 g/mol. The molecule has 0 saturated carbocycles. The fourth-order valence-corrected chi connectivity index (χ4v) is 7.88. The summed E-state index contributed by atoms with van der Waals surface area (Å²) in [5, 5.41) is 25.2. The molecule has 5 rings (SSSR count). The molecule has 4 heterocycles. The predicted molar refractivity (Wildman–Crippen MR) is 143 cm³/mol. The van der Waals surface area contributed by atoms with Gasteiger partial charge in [-0.25, -0.2) is 4.79 Å². The Bertz CT molecular complexity index is 1120. The van der Waals surface area contributed by atoms with Crippen molar-refractivity contribution < 1.29 is 24.4 Å². The lowest BCUT2D eigenvalue weighted by molar-refractivity contribution is -0.384. The van der Waals surface area contributed by atoms with Gasteiger partial charge in [-0.15, -0.1) is 11.8 Å². The summed E-state index contributed by atoms with van der Waals surface area (Å²) >= 11 is 1.67. The molecule has 0 unspecified atom stereocenters. The topological polar surface area (TPSA) is 125 Å². The lowest BCUT2D eigenvalue weighted by atomic mass is 9.79. The number of benzene rings is 1. The maximum atomic E-state index is 13.4. The van der Waals surface area contributed by atoms with Gasteiger partial charge < -0.3 is 25.0 Å². The number of hydrogen-bond acceptors (Lipinski definition) is 9. The van der Waals surface area contributed by atoms with Crippen molar-refractivity contribution in [2.75, 3.05) is 26.7 Å². The highest BCUT2D eigenvalue weighted by Crippen LogP contribution is 2.52. The normalized spacial score (nSPS) is 30.8. The number of nitro groups is 1. The number of aliphatic hydroxyl groups is 1. The second kappa shape index (κ2) is 11.0. The molecule has 0 aliphatic carbocycles. The molecule has 1 amide bonds. The van der Waals surface area contributed by atoms with E-state index in [0.717, 1.165) is 31.0 Å². The Kier molecular flexibility index (Phi) is 7.82. The van der Waals surface area contributed by atoms with Crippen LogP contribution >= 0.6 is 11.8 Å². The van der Waals surface area contributed by atoms with Gasteiger partial charge in [0.05, 0.1) is 23.0 Å². The largest absolute Gasteiger partial charge is 0.456 e. The molecule has 1 aromatic rings. The van der Waals surface area contributed by atoms with Crippen molar-refractivity contribution in [2.45, 2.75) is 63.2 Å². The Morgan fingerprint density at radius 1 is 1.29 bits per heavy atom. The van der Waals surface area contributed by atoms with Crippen LogP contribution < -0.4 is 5.32 Å². The van der Waals surface area contributed by atoms with Crippen LogP contribution in [-0.2, 0) is 20.9 Å². The zero-order chi connectivity index (χ0) is 27.1. The first-order valence-corrected chi connectivity index (χ1v) is 14.3. The minimum absolute atomic E-state index is 0.0343. The molecule has 38 heavy (non-hydrogen) atoms. The third-order valence-corrected chi connectivity index (χ3v) is 10.1. The predicted octanol–water partition coefficient (Wildman–Crippen LogP) is 2.51. The van der Waals surface area contributed by atoms with Crippen LogP contribution in [0, 0.1) is 27.9 Å². The van der Waals surface area contributed by atoms with E-state index in [1.54, 1.807) is 30.8 Å².